The first kappa shape index (κ1) is 17.7. The van der Waals surface area contributed by atoms with Crippen molar-refractivity contribution in [1.82, 2.24) is 0 Å². The van der Waals surface area contributed by atoms with Crippen LogP contribution in [0.2, 0.25) is 0 Å². The van der Waals surface area contributed by atoms with Gasteiger partial charge in [0.25, 0.3) is 0 Å². The number of hydrogen-bond acceptors (Lipinski definition) is 2. The van der Waals surface area contributed by atoms with Crippen molar-refractivity contribution >= 4 is 43.4 Å². The molecule has 0 saturated heterocycles. The minimum Gasteiger partial charge on any atom is -1.00 e. The Bertz CT molecular complexity index is 119. The topological polar surface area (TPSA) is 103 Å². The second-order valence-corrected chi connectivity index (χ2v) is 7.53. The van der Waals surface area contributed by atoms with E-state index in [9.17, 15) is 0 Å². The first-order valence-electron chi connectivity index (χ1n) is 1.90. The van der Waals surface area contributed by atoms with Gasteiger partial charge in [0.2, 0.25) is 0 Å². The van der Waals surface area contributed by atoms with Crippen LogP contribution in [-0.2, 0) is 0 Å². The molecular weight excluding hydrogens is 294 g/mol. The Morgan fingerprint density at radius 1 is 1.00 bits per heavy atom. The average molecular weight is 302 g/mol. The van der Waals surface area contributed by atoms with E-state index in [2.05, 4.69) is 0 Å². The standard InChI is InChI=1S/C2H6N4S2Se.2ClH/c3-1(4)7-9-8-2(5)6;;/h(H3,3,4)(H3,5,6);2*1H. The molecule has 0 atom stereocenters. The van der Waals surface area contributed by atoms with Gasteiger partial charge in [0.1, 0.15) is 0 Å². The van der Waals surface area contributed by atoms with Gasteiger partial charge in [0.05, 0.1) is 0 Å². The van der Waals surface area contributed by atoms with Crippen molar-refractivity contribution in [2.45, 2.75) is 0 Å². The Balaban J connectivity index is -0.000000320. The zero-order valence-electron chi connectivity index (χ0n) is 5.29. The molecule has 0 aromatic carbocycles. The van der Waals surface area contributed by atoms with E-state index < -0.39 is 0 Å². The summed E-state index contributed by atoms with van der Waals surface area (Å²) in [6.07, 6.45) is 0. The Morgan fingerprint density at radius 3 is 1.45 bits per heavy atom. The van der Waals surface area contributed by atoms with Crippen molar-refractivity contribution in [3.05, 3.63) is 0 Å². The fourth-order valence-corrected chi connectivity index (χ4v) is 4.47. The molecule has 0 aliphatic rings. The normalized spacial score (nSPS) is 7.27. The SMILES string of the molecule is NC(=[NH2+])S[Se]SC(N)=[NH2+].[Cl-].[Cl-]. The van der Waals surface area contributed by atoms with Gasteiger partial charge in [-0.15, -0.1) is 0 Å². The fraction of sp³-hybridized carbons (Fsp3) is 0. The first-order chi connectivity index (χ1) is 4.13. The molecule has 9 heteroatoms. The third kappa shape index (κ3) is 18.1. The Labute approximate surface area is 90.1 Å². The molecule has 0 rings (SSSR count). The zero-order chi connectivity index (χ0) is 7.28. The quantitative estimate of drug-likeness (QED) is 0.231. The van der Waals surface area contributed by atoms with Gasteiger partial charge < -0.3 is 24.8 Å². The van der Waals surface area contributed by atoms with E-state index in [1.54, 1.807) is 0 Å². The maximum Gasteiger partial charge on any atom is -1.00 e. The summed E-state index contributed by atoms with van der Waals surface area (Å²) in [7, 11) is 2.75. The molecule has 0 radical (unpaired) electrons. The smallest absolute Gasteiger partial charge is 1.00 e. The van der Waals surface area contributed by atoms with Gasteiger partial charge in [0, 0.05) is 0 Å². The van der Waals surface area contributed by atoms with Crippen molar-refractivity contribution in [2.75, 3.05) is 0 Å². The maximum atomic E-state index is 5.15. The van der Waals surface area contributed by atoms with Gasteiger partial charge >= 0.3 is 65.7 Å². The van der Waals surface area contributed by atoms with Crippen LogP contribution in [0.4, 0.5) is 0 Å². The number of halogens is 2. The molecule has 68 valence electrons. The molecule has 0 fully saturated rings. The van der Waals surface area contributed by atoms with Crippen molar-refractivity contribution in [2.24, 2.45) is 11.5 Å². The van der Waals surface area contributed by atoms with E-state index in [1.165, 1.54) is 20.4 Å². The van der Waals surface area contributed by atoms with E-state index >= 15 is 0 Å². The minimum absolute atomic E-state index is 0. The van der Waals surface area contributed by atoms with Crippen molar-refractivity contribution in [1.29, 1.82) is 0 Å². The number of hydrogen-bond donors (Lipinski definition) is 4. The summed E-state index contributed by atoms with van der Waals surface area (Å²) in [5.74, 6) is 0. The zero-order valence-corrected chi connectivity index (χ0v) is 10.1. The van der Waals surface area contributed by atoms with Crippen LogP contribution < -0.4 is 47.1 Å². The molecule has 0 bridgehead atoms. The van der Waals surface area contributed by atoms with Gasteiger partial charge in [-0.2, -0.15) is 0 Å². The first-order valence-corrected chi connectivity index (χ1v) is 7.58. The summed E-state index contributed by atoms with van der Waals surface area (Å²) in [6, 6.07) is 0. The van der Waals surface area contributed by atoms with Gasteiger partial charge in [-0.05, 0) is 0 Å². The molecule has 0 aliphatic heterocycles. The molecule has 8 N–H and O–H groups in total. The predicted molar refractivity (Wildman–Crippen MR) is 43.2 cm³/mol. The van der Waals surface area contributed by atoms with Crippen LogP contribution in [0.5, 0.6) is 0 Å². The molecule has 0 aromatic heterocycles. The third-order valence-electron chi connectivity index (χ3n) is 0.260. The third-order valence-corrected chi connectivity index (χ3v) is 6.18. The molecule has 0 spiro atoms. The molecule has 4 nitrogen and oxygen atoms in total. The summed E-state index contributed by atoms with van der Waals surface area (Å²) >= 11 is 0.178. The summed E-state index contributed by atoms with van der Waals surface area (Å²) in [4.78, 5) is 0. The molecule has 11 heavy (non-hydrogen) atoms. The largest absolute Gasteiger partial charge is 1.00 e. The summed E-state index contributed by atoms with van der Waals surface area (Å²) in [5, 5.41) is 11.0. The second kappa shape index (κ2) is 10.7. The van der Waals surface area contributed by atoms with Crippen LogP contribution >= 0.6 is 20.4 Å². The molecule has 0 heterocycles. The molecular formula is C2H8Cl2N4S2Se. The van der Waals surface area contributed by atoms with Crippen molar-refractivity contribution in [3.8, 4) is 0 Å². The number of nitrogens with two attached hydrogens (primary N) is 4. The van der Waals surface area contributed by atoms with E-state index in [1.807, 2.05) is 0 Å². The summed E-state index contributed by atoms with van der Waals surface area (Å²) in [6.45, 7) is 0. The van der Waals surface area contributed by atoms with Crippen LogP contribution in [0.15, 0.2) is 0 Å². The van der Waals surface area contributed by atoms with Gasteiger partial charge in [-0.1, -0.05) is 0 Å². The minimum atomic E-state index is 0. The average Bonchev–Trinajstić information content (AvgIpc) is 1.63. The van der Waals surface area contributed by atoms with Crippen molar-refractivity contribution in [3.63, 3.8) is 0 Å². The number of rotatable bonds is 2. The Kier molecular flexibility index (Phi) is 17.3. The van der Waals surface area contributed by atoms with Gasteiger partial charge in [-0.25, -0.2) is 0 Å². The molecule has 0 amide bonds. The molecule has 0 aliphatic carbocycles. The van der Waals surface area contributed by atoms with E-state index in [4.69, 9.17) is 22.3 Å². The van der Waals surface area contributed by atoms with E-state index in [-0.39, 0.29) is 37.5 Å². The van der Waals surface area contributed by atoms with Crippen molar-refractivity contribution < 1.29 is 35.6 Å². The Hall–Kier alpha value is 0.739. The second-order valence-electron chi connectivity index (χ2n) is 1.04. The Morgan fingerprint density at radius 2 is 1.27 bits per heavy atom. The summed E-state index contributed by atoms with van der Waals surface area (Å²) in [5.41, 5.74) is 10.3. The van der Waals surface area contributed by atoms with Gasteiger partial charge in [-0.3, -0.25) is 0 Å². The number of amidine groups is 2. The molecule has 0 unspecified atom stereocenters. The summed E-state index contributed by atoms with van der Waals surface area (Å²) < 4.78 is 0. The predicted octanol–water partition coefficient (Wildman–Crippen LogP) is -9.86. The van der Waals surface area contributed by atoms with E-state index in [0.717, 1.165) is 0 Å². The van der Waals surface area contributed by atoms with E-state index in [0.29, 0.717) is 10.3 Å². The molecule has 0 aromatic rings. The van der Waals surface area contributed by atoms with Crippen LogP contribution in [0, 0.1) is 0 Å². The fourth-order valence-electron chi connectivity index (χ4n) is 0.0956. The maximum absolute atomic E-state index is 5.15. The van der Waals surface area contributed by atoms with Crippen LogP contribution in [-0.4, -0.2) is 23.1 Å². The van der Waals surface area contributed by atoms with Gasteiger partial charge in [0.15, 0.2) is 0 Å². The molecule has 0 saturated carbocycles. The van der Waals surface area contributed by atoms with Crippen LogP contribution in [0.1, 0.15) is 0 Å². The van der Waals surface area contributed by atoms with Crippen LogP contribution in [0.25, 0.3) is 0 Å². The monoisotopic (exact) mass is 302 g/mol. The van der Waals surface area contributed by atoms with Crippen LogP contribution in [0.3, 0.4) is 0 Å².